The minimum absolute atomic E-state index is 0. The molecule has 0 heterocycles. The number of benzene rings is 1. The summed E-state index contributed by atoms with van der Waals surface area (Å²) in [5.41, 5.74) is 1.49. The van der Waals surface area contributed by atoms with Gasteiger partial charge in [0.05, 0.1) is 19.6 Å². The molecule has 0 aromatic heterocycles. The van der Waals surface area contributed by atoms with E-state index in [1.807, 2.05) is 0 Å². The summed E-state index contributed by atoms with van der Waals surface area (Å²) in [6.07, 6.45) is 14.4. The summed E-state index contributed by atoms with van der Waals surface area (Å²) in [5, 5.41) is 0. The highest BCUT2D eigenvalue weighted by atomic mass is 79.9. The minimum Gasteiger partial charge on any atom is -1.00 e. The van der Waals surface area contributed by atoms with Gasteiger partial charge >= 0.3 is 0 Å². The Morgan fingerprint density at radius 1 is 0.679 bits per heavy atom. The Balaban J connectivity index is 0.00000729. The van der Waals surface area contributed by atoms with Crippen molar-refractivity contribution in [3.05, 3.63) is 35.9 Å². The van der Waals surface area contributed by atoms with E-state index in [-0.39, 0.29) is 17.0 Å². The van der Waals surface area contributed by atoms with Crippen molar-refractivity contribution in [2.45, 2.75) is 91.5 Å². The maximum Gasteiger partial charge on any atom is 0.104 e. The first-order valence-corrected chi connectivity index (χ1v) is 12.9. The molecule has 1 nitrogen and oxygen atoms in total. The van der Waals surface area contributed by atoms with Crippen molar-refractivity contribution >= 4 is 11.8 Å². The molecule has 0 fully saturated rings. The number of nitrogens with zero attached hydrogens (tertiary/aromatic N) is 1. The van der Waals surface area contributed by atoms with Gasteiger partial charge in [-0.05, 0) is 26.0 Å². The molecule has 28 heavy (non-hydrogen) atoms. The molecule has 3 heteroatoms. The SMILES string of the molecule is CCCCCCCCCCCCSCC[N+](CC)(CC)Cc1ccccc1.[Br-]. The fourth-order valence-corrected chi connectivity index (χ4v) is 4.99. The Kier molecular flexibility index (Phi) is 19.0. The fourth-order valence-electron chi connectivity index (χ4n) is 3.87. The first kappa shape index (κ1) is 28.0. The number of halogens is 1. The van der Waals surface area contributed by atoms with E-state index < -0.39 is 0 Å². The van der Waals surface area contributed by atoms with Gasteiger partial charge in [0.15, 0.2) is 0 Å². The molecule has 0 atom stereocenters. The maximum absolute atomic E-state index is 2.36. The van der Waals surface area contributed by atoms with Gasteiger partial charge in [-0.3, -0.25) is 0 Å². The Morgan fingerprint density at radius 2 is 1.21 bits per heavy atom. The van der Waals surface area contributed by atoms with E-state index in [1.165, 1.54) is 112 Å². The van der Waals surface area contributed by atoms with Crippen molar-refractivity contribution in [3.63, 3.8) is 0 Å². The lowest BCUT2D eigenvalue weighted by atomic mass is 10.1. The molecule has 0 radical (unpaired) electrons. The standard InChI is InChI=1S/C25H46NS.BrH/c1-4-7-8-9-10-11-12-13-14-18-22-27-23-21-26(5-2,6-3)24-25-19-16-15-17-20-25;/h15-17,19-20H,4-14,18,21-24H2,1-3H3;1H/q+1;/p-1. The van der Waals surface area contributed by atoms with E-state index in [4.69, 9.17) is 0 Å². The molecule has 1 aromatic carbocycles. The lowest BCUT2D eigenvalue weighted by Gasteiger charge is -2.37. The summed E-state index contributed by atoms with van der Waals surface area (Å²) in [6.45, 7) is 12.0. The second-order valence-corrected chi connectivity index (χ2v) is 9.36. The third kappa shape index (κ3) is 13.3. The van der Waals surface area contributed by atoms with Gasteiger partial charge in [-0.2, -0.15) is 11.8 Å². The van der Waals surface area contributed by atoms with Gasteiger partial charge in [0.1, 0.15) is 6.54 Å². The van der Waals surface area contributed by atoms with E-state index in [0.29, 0.717) is 0 Å². The molecule has 0 unspecified atom stereocenters. The molecule has 0 aliphatic carbocycles. The minimum atomic E-state index is 0. The molecular formula is C25H46BrNS. The number of rotatable bonds is 18. The summed E-state index contributed by atoms with van der Waals surface area (Å²) >= 11 is 2.18. The van der Waals surface area contributed by atoms with Gasteiger partial charge in [0.25, 0.3) is 0 Å². The van der Waals surface area contributed by atoms with Crippen LogP contribution in [0.25, 0.3) is 0 Å². The molecule has 0 saturated heterocycles. The van der Waals surface area contributed by atoms with Crippen LogP contribution in [0, 0.1) is 0 Å². The second kappa shape index (κ2) is 19.0. The van der Waals surface area contributed by atoms with E-state index in [1.54, 1.807) is 0 Å². The van der Waals surface area contributed by atoms with Crippen LogP contribution >= 0.6 is 11.8 Å². The van der Waals surface area contributed by atoms with Gasteiger partial charge < -0.3 is 21.5 Å². The topological polar surface area (TPSA) is 0 Å². The van der Waals surface area contributed by atoms with Crippen LogP contribution in [0.3, 0.4) is 0 Å². The zero-order chi connectivity index (χ0) is 19.6. The highest BCUT2D eigenvalue weighted by Gasteiger charge is 2.23. The Morgan fingerprint density at radius 3 is 1.75 bits per heavy atom. The Hall–Kier alpha value is 0.01000. The third-order valence-corrected chi connectivity index (χ3v) is 7.10. The van der Waals surface area contributed by atoms with Gasteiger partial charge in [0.2, 0.25) is 0 Å². The van der Waals surface area contributed by atoms with Crippen LogP contribution in [-0.4, -0.2) is 35.6 Å². The Labute approximate surface area is 191 Å². The van der Waals surface area contributed by atoms with Crippen molar-refractivity contribution < 1.29 is 21.5 Å². The molecular weight excluding hydrogens is 426 g/mol. The van der Waals surface area contributed by atoms with E-state index in [0.717, 1.165) is 0 Å². The number of quaternary nitrogens is 1. The van der Waals surface area contributed by atoms with Gasteiger partial charge in [-0.15, -0.1) is 0 Å². The van der Waals surface area contributed by atoms with E-state index in [2.05, 4.69) is 62.9 Å². The molecule has 0 aliphatic rings. The lowest BCUT2D eigenvalue weighted by molar-refractivity contribution is -0.935. The monoisotopic (exact) mass is 471 g/mol. The average molecular weight is 473 g/mol. The van der Waals surface area contributed by atoms with Gasteiger partial charge in [0, 0.05) is 11.3 Å². The van der Waals surface area contributed by atoms with Crippen LogP contribution in [0.15, 0.2) is 30.3 Å². The molecule has 0 N–H and O–H groups in total. The normalized spacial score (nSPS) is 11.4. The number of hydrogen-bond acceptors (Lipinski definition) is 1. The van der Waals surface area contributed by atoms with Crippen molar-refractivity contribution in [2.75, 3.05) is 31.1 Å². The second-order valence-electron chi connectivity index (χ2n) is 8.14. The van der Waals surface area contributed by atoms with Crippen LogP contribution in [-0.2, 0) is 6.54 Å². The van der Waals surface area contributed by atoms with Crippen molar-refractivity contribution in [1.29, 1.82) is 0 Å². The van der Waals surface area contributed by atoms with Crippen LogP contribution in [0.2, 0.25) is 0 Å². The lowest BCUT2D eigenvalue weighted by Crippen LogP contribution is -3.00. The van der Waals surface area contributed by atoms with E-state index >= 15 is 0 Å². The summed E-state index contributed by atoms with van der Waals surface area (Å²) in [4.78, 5) is 0. The first-order chi connectivity index (χ1) is 13.3. The highest BCUT2D eigenvalue weighted by molar-refractivity contribution is 7.99. The molecule has 164 valence electrons. The Bertz CT molecular complexity index is 433. The molecule has 0 spiro atoms. The fraction of sp³-hybridized carbons (Fsp3) is 0.760. The number of unbranched alkanes of at least 4 members (excludes halogenated alkanes) is 9. The average Bonchev–Trinajstić information content (AvgIpc) is 2.71. The van der Waals surface area contributed by atoms with Crippen molar-refractivity contribution in [2.24, 2.45) is 0 Å². The zero-order valence-electron chi connectivity index (χ0n) is 18.9. The molecule has 0 saturated carbocycles. The van der Waals surface area contributed by atoms with Crippen molar-refractivity contribution in [1.82, 2.24) is 0 Å². The van der Waals surface area contributed by atoms with Crippen LogP contribution in [0.1, 0.15) is 90.5 Å². The first-order valence-electron chi connectivity index (χ1n) is 11.7. The maximum atomic E-state index is 2.36. The quantitative estimate of drug-likeness (QED) is 0.220. The predicted octanol–water partition coefficient (Wildman–Crippen LogP) is 4.70. The summed E-state index contributed by atoms with van der Waals surface area (Å²) < 4.78 is 1.23. The van der Waals surface area contributed by atoms with Crippen LogP contribution in [0.4, 0.5) is 0 Å². The summed E-state index contributed by atoms with van der Waals surface area (Å²) in [7, 11) is 0. The molecule has 0 aliphatic heterocycles. The van der Waals surface area contributed by atoms with Gasteiger partial charge in [-0.25, -0.2) is 0 Å². The van der Waals surface area contributed by atoms with E-state index in [9.17, 15) is 0 Å². The third-order valence-electron chi connectivity index (χ3n) is 6.05. The zero-order valence-corrected chi connectivity index (χ0v) is 21.3. The predicted molar refractivity (Wildman–Crippen MR) is 126 cm³/mol. The largest absolute Gasteiger partial charge is 1.00 e. The smallest absolute Gasteiger partial charge is 0.104 e. The van der Waals surface area contributed by atoms with Crippen molar-refractivity contribution in [3.8, 4) is 0 Å². The molecule has 1 rings (SSSR count). The summed E-state index contributed by atoms with van der Waals surface area (Å²) in [5.74, 6) is 2.67. The highest BCUT2D eigenvalue weighted by Crippen LogP contribution is 2.17. The molecule has 0 bridgehead atoms. The molecule has 1 aromatic rings. The van der Waals surface area contributed by atoms with Gasteiger partial charge in [-0.1, -0.05) is 95.0 Å². The molecule has 0 amide bonds. The summed E-state index contributed by atoms with van der Waals surface area (Å²) in [6, 6.07) is 11.0. The van der Waals surface area contributed by atoms with Crippen LogP contribution < -0.4 is 17.0 Å². The number of thioether (sulfide) groups is 1. The van der Waals surface area contributed by atoms with Crippen LogP contribution in [0.5, 0.6) is 0 Å². The number of hydrogen-bond donors (Lipinski definition) is 0.